The summed E-state index contributed by atoms with van der Waals surface area (Å²) in [6.07, 6.45) is 10.1. The number of ether oxygens (including phenoxy) is 1. The van der Waals surface area contributed by atoms with E-state index in [2.05, 4.69) is 20.7 Å². The molecule has 0 aliphatic carbocycles. The summed E-state index contributed by atoms with van der Waals surface area (Å²) in [7, 11) is 3.31. The van der Waals surface area contributed by atoms with Crippen LogP contribution in [-0.2, 0) is 23.9 Å². The summed E-state index contributed by atoms with van der Waals surface area (Å²) in [5.74, 6) is -0.229. The van der Waals surface area contributed by atoms with Crippen molar-refractivity contribution < 1.29 is 23.9 Å². The minimum Gasteiger partial charge on any atom is -0.469 e. The molecule has 9 nitrogen and oxygen atoms in total. The van der Waals surface area contributed by atoms with Crippen LogP contribution in [0.4, 0.5) is 0 Å². The molecule has 0 aliphatic rings. The highest BCUT2D eigenvalue weighted by atomic mass is 16.5. The molecule has 0 aliphatic heterocycles. The minimum absolute atomic E-state index is 0.0386. The van der Waals surface area contributed by atoms with Gasteiger partial charge in [-0.05, 0) is 58.5 Å². The maximum absolute atomic E-state index is 12.4. The Kier molecular flexibility index (Phi) is 21.2. The Bertz CT molecular complexity index is 572. The van der Waals surface area contributed by atoms with Crippen LogP contribution in [0.1, 0.15) is 90.4 Å². The van der Waals surface area contributed by atoms with Crippen LogP contribution >= 0.6 is 0 Å². The van der Waals surface area contributed by atoms with E-state index >= 15 is 0 Å². The summed E-state index contributed by atoms with van der Waals surface area (Å²) in [6, 6.07) is 0. The van der Waals surface area contributed by atoms with E-state index in [0.717, 1.165) is 70.8 Å². The largest absolute Gasteiger partial charge is 0.469 e. The molecule has 0 bridgehead atoms. The topological polar surface area (TPSA) is 117 Å². The number of esters is 1. The molecule has 0 atom stereocenters. The van der Waals surface area contributed by atoms with Gasteiger partial charge in [0.05, 0.1) is 13.7 Å². The Morgan fingerprint density at radius 3 is 1.85 bits per heavy atom. The van der Waals surface area contributed by atoms with Crippen LogP contribution in [0.15, 0.2) is 0 Å². The number of hydrogen-bond acceptors (Lipinski definition) is 6. The van der Waals surface area contributed by atoms with E-state index in [0.29, 0.717) is 38.9 Å². The van der Waals surface area contributed by atoms with Gasteiger partial charge in [-0.3, -0.25) is 19.2 Å². The van der Waals surface area contributed by atoms with Gasteiger partial charge in [-0.1, -0.05) is 26.2 Å². The zero-order valence-corrected chi connectivity index (χ0v) is 21.7. The van der Waals surface area contributed by atoms with Gasteiger partial charge in [-0.2, -0.15) is 0 Å². The monoisotopic (exact) mass is 484 g/mol. The molecule has 0 radical (unpaired) electrons. The molecule has 3 N–H and O–H groups in total. The van der Waals surface area contributed by atoms with E-state index in [1.165, 1.54) is 7.11 Å². The smallest absolute Gasteiger partial charge is 0.305 e. The third kappa shape index (κ3) is 19.3. The van der Waals surface area contributed by atoms with Crippen LogP contribution in [0.3, 0.4) is 0 Å². The molecular weight excluding hydrogens is 436 g/mol. The van der Waals surface area contributed by atoms with Crippen molar-refractivity contribution in [2.24, 2.45) is 0 Å². The van der Waals surface area contributed by atoms with Crippen molar-refractivity contribution in [3.8, 4) is 0 Å². The fourth-order valence-corrected chi connectivity index (χ4v) is 3.51. The lowest BCUT2D eigenvalue weighted by Gasteiger charge is -2.21. The lowest BCUT2D eigenvalue weighted by atomic mass is 10.1. The Balaban J connectivity index is 3.80. The molecule has 3 amide bonds. The van der Waals surface area contributed by atoms with E-state index < -0.39 is 0 Å². The number of carbonyl (C=O) groups is 4. The van der Waals surface area contributed by atoms with Gasteiger partial charge in [0.15, 0.2) is 0 Å². The number of nitrogens with one attached hydrogen (secondary N) is 3. The van der Waals surface area contributed by atoms with Gasteiger partial charge in [0.2, 0.25) is 17.7 Å². The van der Waals surface area contributed by atoms with Crippen LogP contribution in [0.2, 0.25) is 0 Å². The highest BCUT2D eigenvalue weighted by molar-refractivity contribution is 5.84. The third-order valence-electron chi connectivity index (χ3n) is 5.51. The van der Waals surface area contributed by atoms with Crippen molar-refractivity contribution in [3.63, 3.8) is 0 Å². The van der Waals surface area contributed by atoms with E-state index in [4.69, 9.17) is 0 Å². The number of amides is 3. The summed E-state index contributed by atoms with van der Waals surface area (Å²) < 4.78 is 4.59. The summed E-state index contributed by atoms with van der Waals surface area (Å²) in [5.41, 5.74) is 0. The van der Waals surface area contributed by atoms with Crippen molar-refractivity contribution >= 4 is 23.7 Å². The van der Waals surface area contributed by atoms with Crippen molar-refractivity contribution in [1.29, 1.82) is 0 Å². The van der Waals surface area contributed by atoms with Gasteiger partial charge in [0.1, 0.15) is 0 Å². The predicted molar refractivity (Wildman–Crippen MR) is 134 cm³/mol. The predicted octanol–water partition coefficient (Wildman–Crippen LogP) is 2.53. The van der Waals surface area contributed by atoms with Gasteiger partial charge >= 0.3 is 5.97 Å². The molecule has 0 aromatic heterocycles. The molecule has 0 aromatic carbocycles. The number of methoxy groups -OCH3 is 1. The Hall–Kier alpha value is -2.16. The second kappa shape index (κ2) is 22.6. The molecule has 0 rings (SSSR count). The van der Waals surface area contributed by atoms with E-state index in [1.54, 1.807) is 4.90 Å². The van der Waals surface area contributed by atoms with Crippen molar-refractivity contribution in [3.05, 3.63) is 0 Å². The van der Waals surface area contributed by atoms with Crippen LogP contribution in [0, 0.1) is 0 Å². The third-order valence-corrected chi connectivity index (χ3v) is 5.51. The average molecular weight is 485 g/mol. The molecule has 0 saturated heterocycles. The van der Waals surface area contributed by atoms with Gasteiger partial charge in [-0.25, -0.2) is 0 Å². The second-order valence-electron chi connectivity index (χ2n) is 8.63. The van der Waals surface area contributed by atoms with Crippen LogP contribution in [0.25, 0.3) is 0 Å². The SMILES string of the molecule is CCCN(CC(=O)NCCCCCC(=O)NCCCCCC(=O)OC)C(=O)CCCCCNC. The standard InChI is InChI=1S/C25H48N4O5/c1-4-20-29(24(32)15-9-6-11-17-26-2)21-23(31)28-19-12-5-8-14-22(30)27-18-13-7-10-16-25(33)34-3/h26H,4-21H2,1-3H3,(H,27,30)(H,28,31). The molecule has 0 saturated carbocycles. The second-order valence-corrected chi connectivity index (χ2v) is 8.63. The lowest BCUT2D eigenvalue weighted by molar-refractivity contribution is -0.140. The Morgan fingerprint density at radius 2 is 1.26 bits per heavy atom. The summed E-state index contributed by atoms with van der Waals surface area (Å²) in [5, 5.41) is 8.89. The van der Waals surface area contributed by atoms with Gasteiger partial charge < -0.3 is 25.6 Å². The normalized spacial score (nSPS) is 10.6. The highest BCUT2D eigenvalue weighted by Crippen LogP contribution is 2.05. The quantitative estimate of drug-likeness (QED) is 0.161. The van der Waals surface area contributed by atoms with E-state index in [9.17, 15) is 19.2 Å². The fourth-order valence-electron chi connectivity index (χ4n) is 3.51. The first-order valence-electron chi connectivity index (χ1n) is 13.0. The zero-order chi connectivity index (χ0) is 25.4. The van der Waals surface area contributed by atoms with E-state index in [-0.39, 0.29) is 30.2 Å². The molecule has 0 aromatic rings. The molecule has 0 unspecified atom stereocenters. The highest BCUT2D eigenvalue weighted by Gasteiger charge is 2.15. The van der Waals surface area contributed by atoms with Crippen molar-refractivity contribution in [1.82, 2.24) is 20.9 Å². The molecular formula is C25H48N4O5. The first kappa shape index (κ1) is 31.8. The van der Waals surface area contributed by atoms with Crippen molar-refractivity contribution in [2.45, 2.75) is 90.4 Å². The van der Waals surface area contributed by atoms with Gasteiger partial charge in [-0.15, -0.1) is 0 Å². The first-order chi connectivity index (χ1) is 16.4. The van der Waals surface area contributed by atoms with Gasteiger partial charge in [0.25, 0.3) is 0 Å². The molecule has 34 heavy (non-hydrogen) atoms. The lowest BCUT2D eigenvalue weighted by Crippen LogP contribution is -2.41. The molecule has 9 heteroatoms. The number of rotatable bonds is 22. The number of hydrogen-bond donors (Lipinski definition) is 3. The van der Waals surface area contributed by atoms with Crippen molar-refractivity contribution in [2.75, 3.05) is 46.9 Å². The number of unbranched alkanes of at least 4 members (excludes halogenated alkanes) is 6. The zero-order valence-electron chi connectivity index (χ0n) is 21.7. The Labute approximate surface area is 206 Å². The van der Waals surface area contributed by atoms with Gasteiger partial charge in [0, 0.05) is 38.9 Å². The van der Waals surface area contributed by atoms with Crippen LogP contribution < -0.4 is 16.0 Å². The summed E-state index contributed by atoms with van der Waals surface area (Å²) >= 11 is 0. The molecule has 198 valence electrons. The maximum Gasteiger partial charge on any atom is 0.305 e. The molecule has 0 spiro atoms. The number of nitrogens with zero attached hydrogens (tertiary/aromatic N) is 1. The Morgan fingerprint density at radius 1 is 0.706 bits per heavy atom. The average Bonchev–Trinajstić information content (AvgIpc) is 2.82. The molecule has 0 fully saturated rings. The molecule has 0 heterocycles. The summed E-state index contributed by atoms with van der Waals surface area (Å²) in [6.45, 7) is 4.86. The summed E-state index contributed by atoms with van der Waals surface area (Å²) in [4.78, 5) is 49.2. The maximum atomic E-state index is 12.4. The fraction of sp³-hybridized carbons (Fsp3) is 0.840. The van der Waals surface area contributed by atoms with Crippen LogP contribution in [-0.4, -0.2) is 75.5 Å². The first-order valence-corrected chi connectivity index (χ1v) is 13.0. The van der Waals surface area contributed by atoms with Crippen LogP contribution in [0.5, 0.6) is 0 Å². The number of carbonyl (C=O) groups excluding carboxylic acids is 4. The van der Waals surface area contributed by atoms with E-state index in [1.807, 2.05) is 14.0 Å². The minimum atomic E-state index is -0.196.